The Morgan fingerprint density at radius 2 is 2.09 bits per heavy atom. The fourth-order valence-corrected chi connectivity index (χ4v) is 2.50. The zero-order valence-corrected chi connectivity index (χ0v) is 13.4. The van der Waals surface area contributed by atoms with Crippen molar-refractivity contribution in [3.63, 3.8) is 0 Å². The normalized spacial score (nSPS) is 10.5. The largest absolute Gasteiger partial charge is 0.484 e. The summed E-state index contributed by atoms with van der Waals surface area (Å²) in [7, 11) is 0. The lowest BCUT2D eigenvalue weighted by molar-refractivity contribution is -0.123. The van der Waals surface area contributed by atoms with Crippen LogP contribution in [0.15, 0.2) is 46.2 Å². The third-order valence-corrected chi connectivity index (χ3v) is 3.93. The molecular weight excluding hydrogens is 338 g/mol. The van der Waals surface area contributed by atoms with E-state index in [-0.39, 0.29) is 19.1 Å². The molecule has 1 N–H and O–H groups in total. The summed E-state index contributed by atoms with van der Waals surface area (Å²) in [5.74, 6) is 1.08. The van der Waals surface area contributed by atoms with E-state index in [1.54, 1.807) is 24.3 Å². The Hall–Kier alpha value is -2.38. The van der Waals surface area contributed by atoms with Crippen molar-refractivity contribution < 1.29 is 13.9 Å². The minimum Gasteiger partial charge on any atom is -0.484 e. The first-order valence-corrected chi connectivity index (χ1v) is 7.98. The van der Waals surface area contributed by atoms with E-state index in [1.807, 2.05) is 17.5 Å². The van der Waals surface area contributed by atoms with Crippen molar-refractivity contribution in [3.8, 4) is 16.5 Å². The SMILES string of the molecule is O=C(COc1ccc(Cl)cc1)NCc1nnc(-c2cccs2)o1. The standard InChI is InChI=1S/C15H12ClN3O3S/c16-10-3-5-11(6-4-10)21-9-13(20)17-8-14-18-19-15(22-14)12-2-1-7-23-12/h1-7H,8-9H2,(H,17,20). The Labute approximate surface area is 141 Å². The highest BCUT2D eigenvalue weighted by Gasteiger charge is 2.10. The van der Waals surface area contributed by atoms with E-state index in [0.717, 1.165) is 4.88 Å². The van der Waals surface area contributed by atoms with Gasteiger partial charge in [-0.25, -0.2) is 0 Å². The third-order valence-electron chi connectivity index (χ3n) is 2.82. The first-order chi connectivity index (χ1) is 11.2. The topological polar surface area (TPSA) is 77.2 Å². The number of carbonyl (C=O) groups is 1. The van der Waals surface area contributed by atoms with Crippen molar-refractivity contribution in [1.82, 2.24) is 15.5 Å². The van der Waals surface area contributed by atoms with Crippen LogP contribution in [0, 0.1) is 0 Å². The van der Waals surface area contributed by atoms with Gasteiger partial charge in [0.1, 0.15) is 5.75 Å². The van der Waals surface area contributed by atoms with Crippen LogP contribution in [0.2, 0.25) is 5.02 Å². The maximum atomic E-state index is 11.7. The summed E-state index contributed by atoms with van der Waals surface area (Å²) >= 11 is 7.28. The molecule has 0 spiro atoms. The van der Waals surface area contributed by atoms with Gasteiger partial charge in [0, 0.05) is 5.02 Å². The number of ether oxygens (including phenoxy) is 1. The lowest BCUT2D eigenvalue weighted by Gasteiger charge is -2.06. The van der Waals surface area contributed by atoms with Gasteiger partial charge in [0.15, 0.2) is 6.61 Å². The Morgan fingerprint density at radius 3 is 2.83 bits per heavy atom. The number of benzene rings is 1. The molecule has 23 heavy (non-hydrogen) atoms. The van der Waals surface area contributed by atoms with Gasteiger partial charge >= 0.3 is 0 Å². The number of hydrogen-bond donors (Lipinski definition) is 1. The highest BCUT2D eigenvalue weighted by molar-refractivity contribution is 7.13. The van der Waals surface area contributed by atoms with Crippen LogP contribution in [0.5, 0.6) is 5.75 Å². The number of rotatable bonds is 6. The molecule has 3 rings (SSSR count). The molecule has 3 aromatic rings. The summed E-state index contributed by atoms with van der Waals surface area (Å²) < 4.78 is 10.8. The molecule has 1 amide bonds. The maximum absolute atomic E-state index is 11.7. The monoisotopic (exact) mass is 349 g/mol. The van der Waals surface area contributed by atoms with Crippen molar-refractivity contribution in [3.05, 3.63) is 52.7 Å². The molecule has 2 aromatic heterocycles. The number of amides is 1. The molecule has 8 heteroatoms. The quantitative estimate of drug-likeness (QED) is 0.739. The summed E-state index contributed by atoms with van der Waals surface area (Å²) in [6.45, 7) is 0.0503. The smallest absolute Gasteiger partial charge is 0.258 e. The van der Waals surface area contributed by atoms with Gasteiger partial charge in [-0.3, -0.25) is 4.79 Å². The Bertz CT molecular complexity index is 772. The molecule has 0 aliphatic rings. The van der Waals surface area contributed by atoms with Crippen LogP contribution in [0.3, 0.4) is 0 Å². The summed E-state index contributed by atoms with van der Waals surface area (Å²) in [6, 6.07) is 10.6. The lowest BCUT2D eigenvalue weighted by Crippen LogP contribution is -2.28. The van der Waals surface area contributed by atoms with Crippen LogP contribution >= 0.6 is 22.9 Å². The second-order valence-electron chi connectivity index (χ2n) is 4.50. The first kappa shape index (κ1) is 15.5. The zero-order chi connectivity index (χ0) is 16.1. The van der Waals surface area contributed by atoms with E-state index in [0.29, 0.717) is 22.6 Å². The fourth-order valence-electron chi connectivity index (χ4n) is 1.73. The number of hydrogen-bond acceptors (Lipinski definition) is 6. The highest BCUT2D eigenvalue weighted by Crippen LogP contribution is 2.22. The van der Waals surface area contributed by atoms with Gasteiger partial charge in [-0.2, -0.15) is 0 Å². The van der Waals surface area contributed by atoms with Gasteiger partial charge in [0.2, 0.25) is 5.89 Å². The number of thiophene rings is 1. The minimum absolute atomic E-state index is 0.104. The number of aromatic nitrogens is 2. The number of halogens is 1. The Morgan fingerprint density at radius 1 is 1.26 bits per heavy atom. The molecule has 0 saturated heterocycles. The van der Waals surface area contributed by atoms with Gasteiger partial charge < -0.3 is 14.5 Å². The third kappa shape index (κ3) is 4.30. The van der Waals surface area contributed by atoms with Crippen LogP contribution in [0.25, 0.3) is 10.8 Å². The average molecular weight is 350 g/mol. The highest BCUT2D eigenvalue weighted by atomic mass is 35.5. The summed E-state index contributed by atoms with van der Waals surface area (Å²) in [5.41, 5.74) is 0. The average Bonchev–Trinajstić information content (AvgIpc) is 3.23. The molecule has 0 fully saturated rings. The van der Waals surface area contributed by atoms with Crippen molar-refractivity contribution in [2.24, 2.45) is 0 Å². The molecule has 0 bridgehead atoms. The van der Waals surface area contributed by atoms with Crippen molar-refractivity contribution in [2.45, 2.75) is 6.54 Å². The van der Waals surface area contributed by atoms with E-state index in [2.05, 4.69) is 15.5 Å². The van der Waals surface area contributed by atoms with Crippen molar-refractivity contribution >= 4 is 28.8 Å². The van der Waals surface area contributed by atoms with Crippen LogP contribution < -0.4 is 10.1 Å². The second kappa shape index (κ2) is 7.26. The number of nitrogens with one attached hydrogen (secondary N) is 1. The molecule has 2 heterocycles. The van der Waals surface area contributed by atoms with Crippen LogP contribution in [0.1, 0.15) is 5.89 Å². The van der Waals surface area contributed by atoms with E-state index < -0.39 is 0 Å². The molecule has 0 atom stereocenters. The molecule has 0 unspecified atom stereocenters. The predicted molar refractivity (Wildman–Crippen MR) is 86.4 cm³/mol. The van der Waals surface area contributed by atoms with Crippen molar-refractivity contribution in [1.29, 1.82) is 0 Å². The van der Waals surface area contributed by atoms with Crippen LogP contribution in [-0.2, 0) is 11.3 Å². The fraction of sp³-hybridized carbons (Fsp3) is 0.133. The van der Waals surface area contributed by atoms with Gasteiger partial charge in [-0.05, 0) is 35.7 Å². The lowest BCUT2D eigenvalue weighted by atomic mass is 10.3. The van der Waals surface area contributed by atoms with Gasteiger partial charge in [-0.15, -0.1) is 21.5 Å². The number of carbonyl (C=O) groups excluding carboxylic acids is 1. The zero-order valence-electron chi connectivity index (χ0n) is 11.9. The van der Waals surface area contributed by atoms with Gasteiger partial charge in [0.25, 0.3) is 11.8 Å². The number of nitrogens with zero attached hydrogens (tertiary/aromatic N) is 2. The van der Waals surface area contributed by atoms with E-state index in [1.165, 1.54) is 11.3 Å². The first-order valence-electron chi connectivity index (χ1n) is 6.72. The summed E-state index contributed by atoms with van der Waals surface area (Å²) in [4.78, 5) is 12.6. The second-order valence-corrected chi connectivity index (χ2v) is 5.88. The Balaban J connectivity index is 1.46. The molecule has 0 aliphatic heterocycles. The molecule has 0 saturated carbocycles. The predicted octanol–water partition coefficient (Wildman–Crippen LogP) is 3.15. The van der Waals surface area contributed by atoms with E-state index in [9.17, 15) is 4.79 Å². The Kier molecular flexibility index (Phi) is 4.89. The molecule has 0 aliphatic carbocycles. The minimum atomic E-state index is -0.282. The van der Waals surface area contributed by atoms with Gasteiger partial charge in [-0.1, -0.05) is 17.7 Å². The molecule has 118 valence electrons. The van der Waals surface area contributed by atoms with Crippen molar-refractivity contribution in [2.75, 3.05) is 6.61 Å². The molecule has 0 radical (unpaired) electrons. The molecule has 6 nitrogen and oxygen atoms in total. The van der Waals surface area contributed by atoms with Crippen LogP contribution in [0.4, 0.5) is 0 Å². The summed E-state index contributed by atoms with van der Waals surface area (Å²) in [5, 5.41) is 13.0. The summed E-state index contributed by atoms with van der Waals surface area (Å²) in [6.07, 6.45) is 0. The van der Waals surface area contributed by atoms with E-state index >= 15 is 0 Å². The van der Waals surface area contributed by atoms with Crippen LogP contribution in [-0.4, -0.2) is 22.7 Å². The van der Waals surface area contributed by atoms with E-state index in [4.69, 9.17) is 20.8 Å². The maximum Gasteiger partial charge on any atom is 0.258 e. The molecular formula is C15H12ClN3O3S. The van der Waals surface area contributed by atoms with Gasteiger partial charge in [0.05, 0.1) is 11.4 Å². The molecule has 1 aromatic carbocycles.